The minimum Gasteiger partial charge on any atom is -0.447 e. The molecule has 0 aromatic heterocycles. The summed E-state index contributed by atoms with van der Waals surface area (Å²) in [5.41, 5.74) is 7.59. The van der Waals surface area contributed by atoms with Gasteiger partial charge in [0.15, 0.2) is 5.78 Å². The van der Waals surface area contributed by atoms with Crippen LogP contribution in [-0.2, 0) is 14.9 Å². The number of nitrogens with two attached hydrogens (primary N) is 1. The van der Waals surface area contributed by atoms with Gasteiger partial charge >= 0.3 is 6.09 Å². The van der Waals surface area contributed by atoms with Crippen molar-refractivity contribution in [2.75, 3.05) is 6.61 Å². The number of terminal acetylenes is 1. The Morgan fingerprint density at radius 2 is 1.69 bits per heavy atom. The van der Waals surface area contributed by atoms with Crippen molar-refractivity contribution in [1.82, 2.24) is 4.90 Å². The van der Waals surface area contributed by atoms with E-state index in [-0.39, 0.29) is 18.3 Å². The summed E-state index contributed by atoms with van der Waals surface area (Å²) in [5, 5.41) is 0. The number of nitrogens with zero attached hydrogens (tertiary/aromatic N) is 1. The van der Waals surface area contributed by atoms with E-state index in [0.29, 0.717) is 24.0 Å². The molecule has 188 valence electrons. The van der Waals surface area contributed by atoms with Crippen molar-refractivity contribution in [3.05, 3.63) is 96.6 Å². The van der Waals surface area contributed by atoms with Crippen LogP contribution in [0.1, 0.15) is 48.2 Å². The lowest BCUT2D eigenvalue weighted by molar-refractivity contribution is -0.132. The molecular formula is C30H34N2O4. The second-order valence-electron chi connectivity index (χ2n) is 9.17. The first kappa shape index (κ1) is 28.3. The van der Waals surface area contributed by atoms with E-state index in [9.17, 15) is 14.4 Å². The van der Waals surface area contributed by atoms with E-state index in [1.807, 2.05) is 32.0 Å². The van der Waals surface area contributed by atoms with Crippen molar-refractivity contribution in [2.45, 2.75) is 44.2 Å². The number of allylic oxidation sites excluding steroid dienone is 2. The van der Waals surface area contributed by atoms with E-state index in [2.05, 4.69) is 26.0 Å². The first-order valence-electron chi connectivity index (χ1n) is 11.7. The largest absolute Gasteiger partial charge is 0.447 e. The zero-order valence-corrected chi connectivity index (χ0v) is 20.9. The van der Waals surface area contributed by atoms with E-state index in [0.717, 1.165) is 10.5 Å². The average Bonchev–Trinajstić information content (AvgIpc) is 3.28. The molecule has 3 atom stereocenters. The summed E-state index contributed by atoms with van der Waals surface area (Å²) in [6.45, 7) is 11.4. The Balaban J connectivity index is 0.00000222. The third kappa shape index (κ3) is 6.18. The van der Waals surface area contributed by atoms with Crippen molar-refractivity contribution >= 4 is 17.8 Å². The molecule has 2 N–H and O–H groups in total. The Hall–Kier alpha value is -3.95. The van der Waals surface area contributed by atoms with Crippen LogP contribution >= 0.6 is 0 Å². The Kier molecular flexibility index (Phi) is 9.95. The maximum atomic E-state index is 13.4. The standard InChI is InChI=1S/C28H32N2O4.C2H2/c1-5-10-19(6-2)17-23-18-34-27(33)30(23)26(32)25(29)28(3,4)22-15-13-21(14-16-22)24(31)20-11-8-7-9-12-20;1-2/h5-9,11-16,19,23,25H,1-2,10,17-18,29H2,3-4H3;1-2H/t19?,23-,25+;/m0./s1. The maximum Gasteiger partial charge on any atom is 0.417 e. The lowest BCUT2D eigenvalue weighted by atomic mass is 9.77. The van der Waals surface area contributed by atoms with Crippen molar-refractivity contribution in [3.63, 3.8) is 0 Å². The summed E-state index contributed by atoms with van der Waals surface area (Å²) in [6.07, 6.45) is 12.1. The molecule has 1 aliphatic heterocycles. The molecule has 0 radical (unpaired) electrons. The van der Waals surface area contributed by atoms with E-state index in [1.54, 1.807) is 48.6 Å². The van der Waals surface area contributed by atoms with Crippen LogP contribution in [0.15, 0.2) is 79.9 Å². The molecular weight excluding hydrogens is 452 g/mol. The molecule has 1 fully saturated rings. The molecule has 2 aromatic rings. The van der Waals surface area contributed by atoms with Gasteiger partial charge in [-0.2, -0.15) is 0 Å². The molecule has 6 nitrogen and oxygen atoms in total. The number of ether oxygens (including phenoxy) is 1. The fourth-order valence-corrected chi connectivity index (χ4v) is 4.20. The highest BCUT2D eigenvalue weighted by molar-refractivity contribution is 6.09. The fourth-order valence-electron chi connectivity index (χ4n) is 4.20. The zero-order valence-electron chi connectivity index (χ0n) is 20.9. The molecule has 36 heavy (non-hydrogen) atoms. The highest BCUT2D eigenvalue weighted by atomic mass is 16.6. The third-order valence-corrected chi connectivity index (χ3v) is 6.55. The maximum absolute atomic E-state index is 13.4. The normalized spacial score (nSPS) is 16.6. The van der Waals surface area contributed by atoms with Crippen molar-refractivity contribution < 1.29 is 19.1 Å². The van der Waals surface area contributed by atoms with Crippen LogP contribution in [0.2, 0.25) is 0 Å². The molecule has 1 aliphatic rings. The Morgan fingerprint density at radius 1 is 1.11 bits per heavy atom. The van der Waals surface area contributed by atoms with Crippen LogP contribution in [0.25, 0.3) is 0 Å². The monoisotopic (exact) mass is 486 g/mol. The number of hydrogen-bond donors (Lipinski definition) is 1. The predicted octanol–water partition coefficient (Wildman–Crippen LogP) is 4.89. The molecule has 1 saturated heterocycles. The summed E-state index contributed by atoms with van der Waals surface area (Å²) >= 11 is 0. The van der Waals surface area contributed by atoms with Gasteiger partial charge in [0.2, 0.25) is 5.91 Å². The van der Waals surface area contributed by atoms with E-state index in [4.69, 9.17) is 10.5 Å². The fraction of sp³-hybridized carbons (Fsp3) is 0.300. The minimum atomic E-state index is -0.988. The number of ketones is 1. The van der Waals surface area contributed by atoms with E-state index < -0.39 is 29.5 Å². The summed E-state index contributed by atoms with van der Waals surface area (Å²) in [4.78, 5) is 39.7. The van der Waals surface area contributed by atoms with Crippen LogP contribution in [0.3, 0.4) is 0 Å². The first-order chi connectivity index (χ1) is 17.2. The van der Waals surface area contributed by atoms with Crippen molar-refractivity contribution in [3.8, 4) is 12.8 Å². The Morgan fingerprint density at radius 3 is 2.25 bits per heavy atom. The van der Waals surface area contributed by atoms with Crippen LogP contribution in [0, 0.1) is 18.8 Å². The van der Waals surface area contributed by atoms with Crippen LogP contribution in [0.5, 0.6) is 0 Å². The Bertz CT molecular complexity index is 1100. The molecule has 0 aliphatic carbocycles. The van der Waals surface area contributed by atoms with Gasteiger partial charge in [0, 0.05) is 16.5 Å². The summed E-state index contributed by atoms with van der Waals surface area (Å²) in [5.74, 6) is -0.487. The lowest BCUT2D eigenvalue weighted by Gasteiger charge is -2.34. The van der Waals surface area contributed by atoms with Crippen molar-refractivity contribution in [1.29, 1.82) is 0 Å². The molecule has 0 saturated carbocycles. The van der Waals surface area contributed by atoms with Gasteiger partial charge in [0.1, 0.15) is 6.61 Å². The third-order valence-electron chi connectivity index (χ3n) is 6.55. The second kappa shape index (κ2) is 12.7. The minimum absolute atomic E-state index is 0.0752. The number of benzene rings is 2. The number of carbonyl (C=O) groups excluding carboxylic acids is 3. The molecule has 2 amide bonds. The average molecular weight is 487 g/mol. The van der Waals surface area contributed by atoms with Crippen LogP contribution in [-0.4, -0.2) is 41.4 Å². The molecule has 1 unspecified atom stereocenters. The van der Waals surface area contributed by atoms with Crippen LogP contribution in [0.4, 0.5) is 4.79 Å². The van der Waals surface area contributed by atoms with Gasteiger partial charge in [0.25, 0.3) is 0 Å². The highest BCUT2D eigenvalue weighted by Gasteiger charge is 2.44. The molecule has 3 rings (SSSR count). The summed E-state index contributed by atoms with van der Waals surface area (Å²) in [7, 11) is 0. The molecule has 2 aromatic carbocycles. The van der Waals surface area contributed by atoms with Gasteiger partial charge in [-0.15, -0.1) is 26.0 Å². The van der Waals surface area contributed by atoms with Gasteiger partial charge in [-0.25, -0.2) is 9.69 Å². The number of cyclic esters (lactones) is 1. The van der Waals surface area contributed by atoms with E-state index >= 15 is 0 Å². The van der Waals surface area contributed by atoms with Crippen LogP contribution < -0.4 is 5.73 Å². The molecule has 1 heterocycles. The number of imide groups is 1. The summed E-state index contributed by atoms with van der Waals surface area (Å²) in [6, 6.07) is 14.7. The number of amides is 2. The predicted molar refractivity (Wildman–Crippen MR) is 142 cm³/mol. The highest BCUT2D eigenvalue weighted by Crippen LogP contribution is 2.30. The molecule has 0 spiro atoms. The Labute approximate surface area is 213 Å². The smallest absolute Gasteiger partial charge is 0.417 e. The van der Waals surface area contributed by atoms with Crippen molar-refractivity contribution in [2.24, 2.45) is 11.7 Å². The second-order valence-corrected chi connectivity index (χ2v) is 9.17. The topological polar surface area (TPSA) is 89.7 Å². The number of hydrogen-bond acceptors (Lipinski definition) is 5. The van der Waals surface area contributed by atoms with Gasteiger partial charge in [0.05, 0.1) is 12.1 Å². The van der Waals surface area contributed by atoms with Gasteiger partial charge in [-0.1, -0.05) is 80.6 Å². The molecule has 0 bridgehead atoms. The SMILES string of the molecule is C#C.C=CCC(C=C)C[C@H]1COC(=O)N1C(=O)[C@@H](N)C(C)(C)c1ccc(C(=O)c2ccccc2)cc1. The van der Waals surface area contributed by atoms with Gasteiger partial charge < -0.3 is 10.5 Å². The van der Waals surface area contributed by atoms with Gasteiger partial charge in [-0.3, -0.25) is 9.59 Å². The lowest BCUT2D eigenvalue weighted by Crippen LogP contribution is -2.55. The zero-order chi connectivity index (χ0) is 26.9. The number of carbonyl (C=O) groups is 3. The van der Waals surface area contributed by atoms with E-state index in [1.165, 1.54) is 0 Å². The molecule has 6 heteroatoms. The quantitative estimate of drug-likeness (QED) is 0.293. The van der Waals surface area contributed by atoms with Gasteiger partial charge in [-0.05, 0) is 24.3 Å². The summed E-state index contributed by atoms with van der Waals surface area (Å²) < 4.78 is 5.19. The first-order valence-corrected chi connectivity index (χ1v) is 11.7. The number of rotatable bonds is 10.